The lowest BCUT2D eigenvalue weighted by molar-refractivity contribution is 0.338. The Kier molecular flexibility index (Phi) is 3.25. The van der Waals surface area contributed by atoms with E-state index in [4.69, 9.17) is 4.74 Å². The standard InChI is InChI=1S/C15H16O/c1-3-16-15-11-14(10-9-12(15)2)13-7-5-4-6-8-13/h4-11H,3H2,1-2H3. The molecule has 0 radical (unpaired) electrons. The summed E-state index contributed by atoms with van der Waals surface area (Å²) in [5, 5.41) is 0. The van der Waals surface area contributed by atoms with E-state index >= 15 is 0 Å². The number of ether oxygens (including phenoxy) is 1. The van der Waals surface area contributed by atoms with Gasteiger partial charge in [-0.3, -0.25) is 0 Å². The second-order valence-electron chi connectivity index (χ2n) is 3.78. The Labute approximate surface area is 96.7 Å². The van der Waals surface area contributed by atoms with Gasteiger partial charge in [0.15, 0.2) is 0 Å². The summed E-state index contributed by atoms with van der Waals surface area (Å²) in [6.45, 7) is 4.79. The number of rotatable bonds is 3. The molecule has 0 amide bonds. The van der Waals surface area contributed by atoms with E-state index in [0.717, 1.165) is 5.75 Å². The summed E-state index contributed by atoms with van der Waals surface area (Å²) < 4.78 is 5.60. The largest absolute Gasteiger partial charge is 0.494 e. The van der Waals surface area contributed by atoms with Crippen LogP contribution in [0.1, 0.15) is 12.5 Å². The molecule has 0 aliphatic carbocycles. The quantitative estimate of drug-likeness (QED) is 0.745. The maximum Gasteiger partial charge on any atom is 0.122 e. The molecule has 0 aliphatic rings. The first-order valence-corrected chi connectivity index (χ1v) is 5.60. The highest BCUT2D eigenvalue weighted by Crippen LogP contribution is 2.26. The van der Waals surface area contributed by atoms with Crippen molar-refractivity contribution in [3.63, 3.8) is 0 Å². The highest BCUT2D eigenvalue weighted by molar-refractivity contribution is 5.65. The third-order valence-corrected chi connectivity index (χ3v) is 2.60. The lowest BCUT2D eigenvalue weighted by Gasteiger charge is -2.09. The minimum Gasteiger partial charge on any atom is -0.494 e. The summed E-state index contributed by atoms with van der Waals surface area (Å²) in [4.78, 5) is 0. The van der Waals surface area contributed by atoms with E-state index in [0.29, 0.717) is 6.61 Å². The third kappa shape index (κ3) is 2.25. The normalized spacial score (nSPS) is 10.1. The first-order valence-electron chi connectivity index (χ1n) is 5.60. The van der Waals surface area contributed by atoms with Gasteiger partial charge in [0.1, 0.15) is 5.75 Å². The Morgan fingerprint density at radius 1 is 0.938 bits per heavy atom. The summed E-state index contributed by atoms with van der Waals surface area (Å²) in [6.07, 6.45) is 0. The van der Waals surface area contributed by atoms with Crippen LogP contribution in [0.3, 0.4) is 0 Å². The van der Waals surface area contributed by atoms with Crippen LogP contribution in [0.25, 0.3) is 11.1 Å². The van der Waals surface area contributed by atoms with Crippen molar-refractivity contribution >= 4 is 0 Å². The van der Waals surface area contributed by atoms with E-state index < -0.39 is 0 Å². The van der Waals surface area contributed by atoms with E-state index in [1.54, 1.807) is 0 Å². The molecule has 1 heteroatoms. The number of aryl methyl sites for hydroxylation is 1. The molecule has 2 rings (SSSR count). The molecule has 82 valence electrons. The van der Waals surface area contributed by atoms with E-state index in [9.17, 15) is 0 Å². The molecule has 0 N–H and O–H groups in total. The zero-order valence-corrected chi connectivity index (χ0v) is 9.73. The number of hydrogen-bond acceptors (Lipinski definition) is 1. The first-order chi connectivity index (χ1) is 7.81. The number of hydrogen-bond donors (Lipinski definition) is 0. The van der Waals surface area contributed by atoms with Gasteiger partial charge in [-0.2, -0.15) is 0 Å². The predicted molar refractivity (Wildman–Crippen MR) is 67.8 cm³/mol. The van der Waals surface area contributed by atoms with Crippen molar-refractivity contribution in [2.75, 3.05) is 6.61 Å². The monoisotopic (exact) mass is 212 g/mol. The van der Waals surface area contributed by atoms with Gasteiger partial charge in [0.25, 0.3) is 0 Å². The molecule has 0 unspecified atom stereocenters. The topological polar surface area (TPSA) is 9.23 Å². The Morgan fingerprint density at radius 3 is 2.38 bits per heavy atom. The van der Waals surface area contributed by atoms with Crippen LogP contribution >= 0.6 is 0 Å². The zero-order valence-electron chi connectivity index (χ0n) is 9.73. The molecule has 2 aromatic carbocycles. The Bertz CT molecular complexity index is 460. The smallest absolute Gasteiger partial charge is 0.122 e. The lowest BCUT2D eigenvalue weighted by atomic mass is 10.0. The Hall–Kier alpha value is -1.76. The van der Waals surface area contributed by atoms with Gasteiger partial charge in [-0.15, -0.1) is 0 Å². The van der Waals surface area contributed by atoms with E-state index in [-0.39, 0.29) is 0 Å². The van der Waals surface area contributed by atoms with E-state index in [1.165, 1.54) is 16.7 Å². The van der Waals surface area contributed by atoms with Crippen molar-refractivity contribution in [1.29, 1.82) is 0 Å². The van der Waals surface area contributed by atoms with Gasteiger partial charge in [0, 0.05) is 0 Å². The maximum absolute atomic E-state index is 5.60. The van der Waals surface area contributed by atoms with Gasteiger partial charge in [-0.05, 0) is 36.6 Å². The van der Waals surface area contributed by atoms with Crippen LogP contribution in [0.4, 0.5) is 0 Å². The van der Waals surface area contributed by atoms with Crippen molar-refractivity contribution in [1.82, 2.24) is 0 Å². The van der Waals surface area contributed by atoms with Crippen LogP contribution in [-0.4, -0.2) is 6.61 Å². The fourth-order valence-electron chi connectivity index (χ4n) is 1.72. The van der Waals surface area contributed by atoms with Crippen molar-refractivity contribution in [2.24, 2.45) is 0 Å². The second kappa shape index (κ2) is 4.84. The van der Waals surface area contributed by atoms with Crippen LogP contribution < -0.4 is 4.74 Å². The molecular formula is C15H16O. The molecule has 0 spiro atoms. The van der Waals surface area contributed by atoms with Crippen molar-refractivity contribution in [2.45, 2.75) is 13.8 Å². The van der Waals surface area contributed by atoms with Crippen LogP contribution in [0.15, 0.2) is 48.5 Å². The fraction of sp³-hybridized carbons (Fsp3) is 0.200. The molecule has 0 saturated carbocycles. The highest BCUT2D eigenvalue weighted by Gasteiger charge is 2.02. The maximum atomic E-state index is 5.60. The van der Waals surface area contributed by atoms with E-state index in [2.05, 4.69) is 49.4 Å². The van der Waals surface area contributed by atoms with Crippen LogP contribution in [0.5, 0.6) is 5.75 Å². The molecule has 0 aliphatic heterocycles. The SMILES string of the molecule is CCOc1cc(-c2ccccc2)ccc1C. The van der Waals surface area contributed by atoms with Gasteiger partial charge in [-0.1, -0.05) is 42.5 Å². The summed E-state index contributed by atoms with van der Waals surface area (Å²) >= 11 is 0. The summed E-state index contributed by atoms with van der Waals surface area (Å²) in [7, 11) is 0. The highest BCUT2D eigenvalue weighted by atomic mass is 16.5. The van der Waals surface area contributed by atoms with Gasteiger partial charge < -0.3 is 4.74 Å². The van der Waals surface area contributed by atoms with Gasteiger partial charge in [-0.25, -0.2) is 0 Å². The first kappa shape index (κ1) is 10.7. The molecule has 2 aromatic rings. The van der Waals surface area contributed by atoms with Crippen LogP contribution in [-0.2, 0) is 0 Å². The fourth-order valence-corrected chi connectivity index (χ4v) is 1.72. The predicted octanol–water partition coefficient (Wildman–Crippen LogP) is 4.06. The minimum absolute atomic E-state index is 0.707. The zero-order chi connectivity index (χ0) is 11.4. The van der Waals surface area contributed by atoms with Crippen molar-refractivity contribution < 1.29 is 4.74 Å². The Morgan fingerprint density at radius 2 is 1.69 bits per heavy atom. The molecule has 0 heterocycles. The average molecular weight is 212 g/mol. The molecule has 0 saturated heterocycles. The van der Waals surface area contributed by atoms with Gasteiger partial charge >= 0.3 is 0 Å². The summed E-state index contributed by atoms with van der Waals surface area (Å²) in [5.41, 5.74) is 3.61. The molecule has 1 nitrogen and oxygen atoms in total. The van der Waals surface area contributed by atoms with Crippen molar-refractivity contribution in [3.05, 3.63) is 54.1 Å². The molecule has 16 heavy (non-hydrogen) atoms. The minimum atomic E-state index is 0.707. The summed E-state index contributed by atoms with van der Waals surface area (Å²) in [6, 6.07) is 16.7. The molecule has 0 aromatic heterocycles. The molecule has 0 atom stereocenters. The van der Waals surface area contributed by atoms with Crippen LogP contribution in [0, 0.1) is 6.92 Å². The Balaban J connectivity index is 2.40. The van der Waals surface area contributed by atoms with Crippen molar-refractivity contribution in [3.8, 4) is 16.9 Å². The van der Waals surface area contributed by atoms with Gasteiger partial charge in [0.2, 0.25) is 0 Å². The average Bonchev–Trinajstić information content (AvgIpc) is 2.33. The van der Waals surface area contributed by atoms with E-state index in [1.807, 2.05) is 13.0 Å². The lowest BCUT2D eigenvalue weighted by Crippen LogP contribution is -1.94. The number of benzene rings is 2. The summed E-state index contributed by atoms with van der Waals surface area (Å²) in [5.74, 6) is 0.976. The third-order valence-electron chi connectivity index (χ3n) is 2.60. The van der Waals surface area contributed by atoms with Gasteiger partial charge in [0.05, 0.1) is 6.61 Å². The second-order valence-corrected chi connectivity index (χ2v) is 3.78. The molecule has 0 bridgehead atoms. The molecule has 0 fully saturated rings. The molecular weight excluding hydrogens is 196 g/mol. The van der Waals surface area contributed by atoms with Crippen LogP contribution in [0.2, 0.25) is 0 Å².